The van der Waals surface area contributed by atoms with Gasteiger partial charge < -0.3 is 11.5 Å². The van der Waals surface area contributed by atoms with Crippen molar-refractivity contribution in [2.45, 2.75) is 13.3 Å². The fraction of sp³-hybridized carbons (Fsp3) is 0.273. The highest BCUT2D eigenvalue weighted by Crippen LogP contribution is 2.33. The van der Waals surface area contributed by atoms with Crippen LogP contribution in [-0.2, 0) is 6.42 Å². The Morgan fingerprint density at radius 2 is 2.00 bits per heavy atom. The molecule has 18 heavy (non-hydrogen) atoms. The number of rotatable bonds is 2. The van der Waals surface area contributed by atoms with Crippen LogP contribution in [0, 0.1) is 0 Å². The number of hydrogen-bond acceptors (Lipinski definition) is 1. The van der Waals surface area contributed by atoms with Crippen LogP contribution in [0.15, 0.2) is 17.1 Å². The number of nitrogens with zero attached hydrogens (tertiary/aromatic N) is 2. The average Bonchev–Trinajstić information content (AvgIpc) is 2.26. The zero-order valence-electron chi connectivity index (χ0n) is 10.1. The Kier molecular flexibility index (Phi) is 4.81. The third kappa shape index (κ3) is 3.27. The molecule has 1 aromatic carbocycles. The van der Waals surface area contributed by atoms with Crippen LogP contribution in [0.25, 0.3) is 0 Å². The summed E-state index contributed by atoms with van der Waals surface area (Å²) in [6.45, 7) is 1.93. The van der Waals surface area contributed by atoms with E-state index < -0.39 is 6.03 Å². The number of anilines is 1. The second-order valence-corrected chi connectivity index (χ2v) is 4.47. The monoisotopic (exact) mass is 288 g/mol. The van der Waals surface area contributed by atoms with Gasteiger partial charge in [-0.1, -0.05) is 30.1 Å². The third-order valence-corrected chi connectivity index (χ3v) is 2.84. The van der Waals surface area contributed by atoms with Crippen molar-refractivity contribution in [2.24, 2.45) is 16.5 Å². The fourth-order valence-corrected chi connectivity index (χ4v) is 2.21. The highest BCUT2D eigenvalue weighted by Gasteiger charge is 2.17. The minimum Gasteiger partial charge on any atom is -0.370 e. The summed E-state index contributed by atoms with van der Waals surface area (Å²) in [5, 5.41) is 0.893. The zero-order chi connectivity index (χ0) is 13.9. The molecule has 0 fully saturated rings. The third-order valence-electron chi connectivity index (χ3n) is 2.34. The molecule has 7 heteroatoms. The fourth-order valence-electron chi connectivity index (χ4n) is 1.55. The van der Waals surface area contributed by atoms with Crippen LogP contribution in [0.3, 0.4) is 0 Å². The summed E-state index contributed by atoms with van der Waals surface area (Å²) in [6, 6.07) is 2.73. The van der Waals surface area contributed by atoms with E-state index in [1.807, 2.05) is 6.92 Å². The highest BCUT2D eigenvalue weighted by atomic mass is 35.5. The SMILES string of the molecule is CCc1cc(Cl)cc(Cl)c1N(C)C(=O)N=C(N)N. The van der Waals surface area contributed by atoms with Gasteiger partial charge in [0.1, 0.15) is 0 Å². The molecule has 0 radical (unpaired) electrons. The first-order valence-electron chi connectivity index (χ1n) is 5.22. The molecule has 2 amide bonds. The predicted octanol–water partition coefficient (Wildman–Crippen LogP) is 2.39. The number of nitrogens with two attached hydrogens (primary N) is 2. The van der Waals surface area contributed by atoms with Crippen molar-refractivity contribution in [2.75, 3.05) is 11.9 Å². The van der Waals surface area contributed by atoms with Crippen LogP contribution in [0.5, 0.6) is 0 Å². The summed E-state index contributed by atoms with van der Waals surface area (Å²) in [6.07, 6.45) is 0.676. The molecule has 0 heterocycles. The summed E-state index contributed by atoms with van der Waals surface area (Å²) >= 11 is 12.0. The Balaban J connectivity index is 3.24. The van der Waals surface area contributed by atoms with Gasteiger partial charge in [0.15, 0.2) is 5.96 Å². The summed E-state index contributed by atoms with van der Waals surface area (Å²) < 4.78 is 0. The topological polar surface area (TPSA) is 84.7 Å². The number of guanidine groups is 1. The van der Waals surface area contributed by atoms with Crippen molar-refractivity contribution in [1.29, 1.82) is 0 Å². The second kappa shape index (κ2) is 5.93. The molecule has 0 aliphatic carbocycles. The Morgan fingerprint density at radius 3 is 2.50 bits per heavy atom. The lowest BCUT2D eigenvalue weighted by Crippen LogP contribution is -2.30. The lowest BCUT2D eigenvalue weighted by Gasteiger charge is -2.20. The molecule has 0 bridgehead atoms. The van der Waals surface area contributed by atoms with Crippen molar-refractivity contribution >= 4 is 40.9 Å². The van der Waals surface area contributed by atoms with E-state index in [0.29, 0.717) is 22.2 Å². The van der Waals surface area contributed by atoms with E-state index in [1.54, 1.807) is 19.2 Å². The number of halogens is 2. The van der Waals surface area contributed by atoms with E-state index in [4.69, 9.17) is 34.7 Å². The van der Waals surface area contributed by atoms with Gasteiger partial charge in [0.2, 0.25) is 0 Å². The van der Waals surface area contributed by atoms with E-state index in [-0.39, 0.29) is 5.96 Å². The maximum Gasteiger partial charge on any atom is 0.351 e. The number of benzene rings is 1. The molecule has 0 spiro atoms. The first kappa shape index (κ1) is 14.6. The van der Waals surface area contributed by atoms with Crippen LogP contribution >= 0.6 is 23.2 Å². The molecular weight excluding hydrogens is 275 g/mol. The van der Waals surface area contributed by atoms with E-state index in [9.17, 15) is 4.79 Å². The van der Waals surface area contributed by atoms with Crippen LogP contribution in [0.4, 0.5) is 10.5 Å². The summed E-state index contributed by atoms with van der Waals surface area (Å²) in [5.74, 6) is -0.296. The largest absolute Gasteiger partial charge is 0.370 e. The molecule has 0 aliphatic rings. The molecule has 0 atom stereocenters. The molecule has 98 valence electrons. The molecule has 0 saturated heterocycles. The quantitative estimate of drug-likeness (QED) is 0.647. The zero-order valence-corrected chi connectivity index (χ0v) is 11.6. The summed E-state index contributed by atoms with van der Waals surface area (Å²) in [5.41, 5.74) is 11.7. The van der Waals surface area contributed by atoms with E-state index in [2.05, 4.69) is 4.99 Å². The van der Waals surface area contributed by atoms with Crippen LogP contribution in [0.1, 0.15) is 12.5 Å². The molecule has 0 unspecified atom stereocenters. The molecule has 0 saturated carbocycles. The van der Waals surface area contributed by atoms with Gasteiger partial charge >= 0.3 is 6.03 Å². The first-order chi connectivity index (χ1) is 8.36. The smallest absolute Gasteiger partial charge is 0.351 e. The second-order valence-electron chi connectivity index (χ2n) is 3.63. The van der Waals surface area contributed by atoms with Crippen LogP contribution < -0.4 is 16.4 Å². The van der Waals surface area contributed by atoms with E-state index in [1.165, 1.54) is 4.90 Å². The maximum atomic E-state index is 11.7. The number of aryl methyl sites for hydroxylation is 1. The van der Waals surface area contributed by atoms with Gasteiger partial charge in [-0.3, -0.25) is 4.90 Å². The molecule has 1 aromatic rings. The standard InChI is InChI=1S/C11H14Cl2N4O/c1-3-6-4-7(12)5-8(13)9(6)17(2)11(18)16-10(14)15/h4-5H,3H2,1-2H3,(H4,14,15,16,18). The van der Waals surface area contributed by atoms with Crippen molar-refractivity contribution in [3.05, 3.63) is 27.7 Å². The van der Waals surface area contributed by atoms with E-state index >= 15 is 0 Å². The highest BCUT2D eigenvalue weighted by molar-refractivity contribution is 6.37. The molecular formula is C11H14Cl2N4O. The molecule has 4 N–H and O–H groups in total. The lowest BCUT2D eigenvalue weighted by molar-refractivity contribution is 0.255. The Morgan fingerprint density at radius 1 is 1.39 bits per heavy atom. The number of hydrogen-bond donors (Lipinski definition) is 2. The Bertz CT molecular complexity index is 498. The van der Waals surface area contributed by atoms with Gasteiger partial charge in [-0.25, -0.2) is 4.79 Å². The van der Waals surface area contributed by atoms with Crippen molar-refractivity contribution < 1.29 is 4.79 Å². The van der Waals surface area contributed by atoms with Crippen LogP contribution in [-0.4, -0.2) is 19.0 Å². The Labute approximate surface area is 115 Å². The van der Waals surface area contributed by atoms with E-state index in [0.717, 1.165) is 5.56 Å². The minimum atomic E-state index is -0.589. The van der Waals surface area contributed by atoms with Crippen molar-refractivity contribution in [1.82, 2.24) is 0 Å². The minimum absolute atomic E-state index is 0.296. The van der Waals surface area contributed by atoms with Gasteiger partial charge in [-0.05, 0) is 24.1 Å². The molecule has 1 rings (SSSR count). The summed E-state index contributed by atoms with van der Waals surface area (Å²) in [7, 11) is 1.54. The number of aliphatic imine (C=N–C) groups is 1. The molecule has 0 aromatic heterocycles. The first-order valence-corrected chi connectivity index (χ1v) is 5.97. The Hall–Kier alpha value is -1.46. The number of carbonyl (C=O) groups excluding carboxylic acids is 1. The van der Waals surface area contributed by atoms with Gasteiger partial charge in [-0.15, -0.1) is 0 Å². The maximum absolute atomic E-state index is 11.7. The van der Waals surface area contributed by atoms with Crippen molar-refractivity contribution in [3.8, 4) is 0 Å². The van der Waals surface area contributed by atoms with Gasteiger partial charge in [-0.2, -0.15) is 4.99 Å². The van der Waals surface area contributed by atoms with Gasteiger partial charge in [0.05, 0.1) is 10.7 Å². The molecule has 0 aliphatic heterocycles. The van der Waals surface area contributed by atoms with Gasteiger partial charge in [0.25, 0.3) is 0 Å². The lowest BCUT2D eigenvalue weighted by atomic mass is 10.1. The van der Waals surface area contributed by atoms with Gasteiger partial charge in [0, 0.05) is 12.1 Å². The number of carbonyl (C=O) groups is 1. The normalized spacial score (nSPS) is 10.0. The number of urea groups is 1. The predicted molar refractivity (Wildman–Crippen MR) is 75.4 cm³/mol. The van der Waals surface area contributed by atoms with Crippen LogP contribution in [0.2, 0.25) is 10.0 Å². The summed E-state index contributed by atoms with van der Waals surface area (Å²) in [4.78, 5) is 16.5. The average molecular weight is 289 g/mol. The number of amides is 2. The molecule has 5 nitrogen and oxygen atoms in total. The van der Waals surface area contributed by atoms with Crippen molar-refractivity contribution in [3.63, 3.8) is 0 Å².